The topological polar surface area (TPSA) is 41.6 Å². The third kappa shape index (κ3) is 1.70. The van der Waals surface area contributed by atoms with Crippen molar-refractivity contribution in [3.05, 3.63) is 47.8 Å². The predicted molar refractivity (Wildman–Crippen MR) is 48.2 cm³/mol. The summed E-state index contributed by atoms with van der Waals surface area (Å²) in [6, 6.07) is 6.43. The van der Waals surface area contributed by atoms with Crippen LogP contribution < -0.4 is 0 Å². The highest BCUT2D eigenvalue weighted by atomic mass is 19.1. The third-order valence-electron chi connectivity index (χ3n) is 1.86. The Morgan fingerprint density at radius 2 is 2.07 bits per heavy atom. The summed E-state index contributed by atoms with van der Waals surface area (Å²) in [4.78, 5) is 0. The molecule has 0 radical (unpaired) electrons. The lowest BCUT2D eigenvalue weighted by Gasteiger charge is -2.01. The molecular weight excluding hydrogens is 200 g/mol. The zero-order chi connectivity index (χ0) is 10.8. The molecule has 0 unspecified atom stereocenters. The third-order valence-corrected chi connectivity index (χ3v) is 1.86. The van der Waals surface area contributed by atoms with Crippen molar-refractivity contribution >= 4 is 0 Å². The molecule has 74 valence electrons. The summed E-state index contributed by atoms with van der Waals surface area (Å²) in [5.41, 5.74) is 0.289. The Kier molecular flexibility index (Phi) is 2.18. The van der Waals surface area contributed by atoms with Crippen LogP contribution in [0.1, 0.15) is 5.69 Å². The molecule has 0 amide bonds. The summed E-state index contributed by atoms with van der Waals surface area (Å²) >= 11 is 0. The van der Waals surface area contributed by atoms with Gasteiger partial charge >= 0.3 is 0 Å². The molecule has 3 nitrogen and oxygen atoms in total. The van der Waals surface area contributed by atoms with E-state index in [1.807, 2.05) is 6.07 Å². The van der Waals surface area contributed by atoms with Crippen molar-refractivity contribution in [2.24, 2.45) is 0 Å². The second-order valence-corrected chi connectivity index (χ2v) is 2.85. The molecule has 1 heterocycles. The minimum absolute atomic E-state index is 0.109. The first-order valence-electron chi connectivity index (χ1n) is 4.12. The summed E-state index contributed by atoms with van der Waals surface area (Å²) in [5, 5.41) is 12.3. The molecule has 2 rings (SSSR count). The number of nitriles is 1. The Morgan fingerprint density at radius 3 is 2.67 bits per heavy atom. The van der Waals surface area contributed by atoms with E-state index in [0.717, 1.165) is 12.1 Å². The quantitative estimate of drug-likeness (QED) is 0.714. The van der Waals surface area contributed by atoms with Crippen molar-refractivity contribution in [1.82, 2.24) is 9.78 Å². The smallest absolute Gasteiger partial charge is 0.162 e. The summed E-state index contributed by atoms with van der Waals surface area (Å²) < 4.78 is 27.1. The van der Waals surface area contributed by atoms with E-state index in [9.17, 15) is 8.78 Å². The van der Waals surface area contributed by atoms with Crippen LogP contribution in [0.15, 0.2) is 30.5 Å². The highest BCUT2D eigenvalue weighted by molar-refractivity contribution is 5.34. The number of aromatic nitrogens is 2. The first kappa shape index (κ1) is 9.34. The van der Waals surface area contributed by atoms with E-state index >= 15 is 0 Å². The highest BCUT2D eigenvalue weighted by Crippen LogP contribution is 2.13. The zero-order valence-corrected chi connectivity index (χ0v) is 7.48. The molecule has 2 aromatic rings. The fourth-order valence-electron chi connectivity index (χ4n) is 1.18. The molecular formula is C10H5F2N3. The SMILES string of the molecule is N#Cc1ccn(-c2ccc(F)cc2F)n1. The van der Waals surface area contributed by atoms with Gasteiger partial charge in [-0.05, 0) is 18.2 Å². The molecule has 0 atom stereocenters. The van der Waals surface area contributed by atoms with Crippen molar-refractivity contribution in [2.45, 2.75) is 0 Å². The van der Waals surface area contributed by atoms with Crippen molar-refractivity contribution in [3.63, 3.8) is 0 Å². The van der Waals surface area contributed by atoms with Crippen molar-refractivity contribution in [2.75, 3.05) is 0 Å². The summed E-state index contributed by atoms with van der Waals surface area (Å²) in [6.45, 7) is 0. The number of hydrogen-bond acceptors (Lipinski definition) is 2. The maximum Gasteiger partial charge on any atom is 0.162 e. The van der Waals surface area contributed by atoms with Crippen molar-refractivity contribution in [1.29, 1.82) is 5.26 Å². The van der Waals surface area contributed by atoms with Gasteiger partial charge in [0.15, 0.2) is 11.5 Å². The molecule has 1 aromatic carbocycles. The first-order chi connectivity index (χ1) is 7.20. The van der Waals surface area contributed by atoms with E-state index in [1.54, 1.807) is 0 Å². The van der Waals surface area contributed by atoms with Crippen LogP contribution in [-0.2, 0) is 0 Å². The lowest BCUT2D eigenvalue weighted by Crippen LogP contribution is -1.99. The molecule has 0 saturated heterocycles. The predicted octanol–water partition coefficient (Wildman–Crippen LogP) is 2.02. The monoisotopic (exact) mass is 205 g/mol. The lowest BCUT2D eigenvalue weighted by atomic mass is 10.3. The maximum atomic E-state index is 13.3. The molecule has 0 bridgehead atoms. The zero-order valence-electron chi connectivity index (χ0n) is 7.48. The van der Waals surface area contributed by atoms with Gasteiger partial charge in [-0.25, -0.2) is 13.5 Å². The molecule has 0 aliphatic heterocycles. The average Bonchev–Trinajstić information content (AvgIpc) is 2.66. The van der Waals surface area contributed by atoms with Gasteiger partial charge in [0.25, 0.3) is 0 Å². The Balaban J connectivity index is 2.50. The standard InChI is InChI=1S/C10H5F2N3/c11-7-1-2-10(9(12)5-7)15-4-3-8(6-13)14-15/h1-5H. The summed E-state index contributed by atoms with van der Waals surface area (Å²) in [5.74, 6) is -1.37. The summed E-state index contributed by atoms with van der Waals surface area (Å²) in [6.07, 6.45) is 1.44. The summed E-state index contributed by atoms with van der Waals surface area (Å²) in [7, 11) is 0. The van der Waals surface area contributed by atoms with E-state index in [0.29, 0.717) is 0 Å². The molecule has 15 heavy (non-hydrogen) atoms. The van der Waals surface area contributed by atoms with Gasteiger partial charge in [-0.2, -0.15) is 10.4 Å². The molecule has 0 aliphatic rings. The van der Waals surface area contributed by atoms with Gasteiger partial charge in [0.05, 0.1) is 0 Å². The second kappa shape index (κ2) is 3.50. The fraction of sp³-hybridized carbons (Fsp3) is 0. The largest absolute Gasteiger partial charge is 0.237 e. The maximum absolute atomic E-state index is 13.3. The minimum atomic E-state index is -0.720. The van der Waals surface area contributed by atoms with Crippen LogP contribution in [0.25, 0.3) is 5.69 Å². The van der Waals surface area contributed by atoms with Crippen LogP contribution in [0.4, 0.5) is 8.78 Å². The highest BCUT2D eigenvalue weighted by Gasteiger charge is 2.07. The van der Waals surface area contributed by atoms with Crippen LogP contribution in [0.5, 0.6) is 0 Å². The molecule has 0 spiro atoms. The van der Waals surface area contributed by atoms with Crippen LogP contribution in [-0.4, -0.2) is 9.78 Å². The number of hydrogen-bond donors (Lipinski definition) is 0. The molecule has 0 N–H and O–H groups in total. The van der Waals surface area contributed by atoms with Crippen LogP contribution in [0.2, 0.25) is 0 Å². The van der Waals surface area contributed by atoms with Crippen LogP contribution in [0.3, 0.4) is 0 Å². The van der Waals surface area contributed by atoms with E-state index in [1.165, 1.54) is 23.0 Å². The van der Waals surface area contributed by atoms with Crippen molar-refractivity contribution in [3.8, 4) is 11.8 Å². The number of nitrogens with zero attached hydrogens (tertiary/aromatic N) is 3. The van der Waals surface area contributed by atoms with Gasteiger partial charge in [0.1, 0.15) is 17.6 Å². The van der Waals surface area contributed by atoms with Gasteiger partial charge in [0.2, 0.25) is 0 Å². The van der Waals surface area contributed by atoms with E-state index in [2.05, 4.69) is 5.10 Å². The Hall–Kier alpha value is -2.22. The first-order valence-corrected chi connectivity index (χ1v) is 4.12. The van der Waals surface area contributed by atoms with E-state index in [4.69, 9.17) is 5.26 Å². The molecule has 0 saturated carbocycles. The van der Waals surface area contributed by atoms with Crippen LogP contribution in [0, 0.1) is 23.0 Å². The van der Waals surface area contributed by atoms with Gasteiger partial charge in [-0.3, -0.25) is 0 Å². The Morgan fingerprint density at radius 1 is 1.27 bits per heavy atom. The number of benzene rings is 1. The van der Waals surface area contributed by atoms with Gasteiger partial charge in [0, 0.05) is 12.3 Å². The number of halogens is 2. The molecule has 0 aliphatic carbocycles. The molecule has 1 aromatic heterocycles. The van der Waals surface area contributed by atoms with Gasteiger partial charge in [-0.15, -0.1) is 0 Å². The lowest BCUT2D eigenvalue weighted by molar-refractivity contribution is 0.573. The normalized spacial score (nSPS) is 9.93. The Bertz CT molecular complexity index is 540. The molecule has 5 heteroatoms. The fourth-order valence-corrected chi connectivity index (χ4v) is 1.18. The van der Waals surface area contributed by atoms with E-state index < -0.39 is 11.6 Å². The van der Waals surface area contributed by atoms with E-state index in [-0.39, 0.29) is 11.4 Å². The van der Waals surface area contributed by atoms with Crippen molar-refractivity contribution < 1.29 is 8.78 Å². The van der Waals surface area contributed by atoms with Gasteiger partial charge < -0.3 is 0 Å². The minimum Gasteiger partial charge on any atom is -0.237 e. The van der Waals surface area contributed by atoms with Gasteiger partial charge in [-0.1, -0.05) is 0 Å². The number of rotatable bonds is 1. The Labute approximate surface area is 84.2 Å². The second-order valence-electron chi connectivity index (χ2n) is 2.85. The molecule has 0 fully saturated rings. The van der Waals surface area contributed by atoms with Crippen LogP contribution >= 0.6 is 0 Å². The average molecular weight is 205 g/mol.